The zero-order valence-corrected chi connectivity index (χ0v) is 7.76. The van der Waals surface area contributed by atoms with E-state index in [9.17, 15) is 0 Å². The van der Waals surface area contributed by atoms with Crippen molar-refractivity contribution < 1.29 is 5.21 Å². The van der Waals surface area contributed by atoms with Gasteiger partial charge in [-0.1, -0.05) is 29.8 Å². The van der Waals surface area contributed by atoms with Gasteiger partial charge >= 0.3 is 0 Å². The van der Waals surface area contributed by atoms with Gasteiger partial charge in [0.1, 0.15) is 0 Å². The highest BCUT2D eigenvalue weighted by molar-refractivity contribution is 5.27. The molecule has 0 heterocycles. The minimum absolute atomic E-state index is 0.369. The van der Waals surface area contributed by atoms with Crippen molar-refractivity contribution >= 4 is 0 Å². The third-order valence-corrected chi connectivity index (χ3v) is 2.02. The predicted octanol–water partition coefficient (Wildman–Crippen LogP) is 2.21. The summed E-state index contributed by atoms with van der Waals surface area (Å²) in [5, 5.41) is 8.89. The first-order valence-electron chi connectivity index (χ1n) is 4.04. The molecule has 0 saturated carbocycles. The topological polar surface area (TPSA) is 32.3 Å². The van der Waals surface area contributed by atoms with Gasteiger partial charge in [0.2, 0.25) is 0 Å². The second-order valence-electron chi connectivity index (χ2n) is 3.61. The largest absolute Gasteiger partial charge is 0.316 e. The summed E-state index contributed by atoms with van der Waals surface area (Å²) in [5.74, 6) is 0. The lowest BCUT2D eigenvalue weighted by atomic mass is 9.94. The van der Waals surface area contributed by atoms with Gasteiger partial charge in [-0.3, -0.25) is 0 Å². The van der Waals surface area contributed by atoms with Crippen LogP contribution >= 0.6 is 0 Å². The van der Waals surface area contributed by atoms with E-state index in [0.717, 1.165) is 5.56 Å². The van der Waals surface area contributed by atoms with E-state index in [2.05, 4.69) is 11.5 Å². The van der Waals surface area contributed by atoms with Crippen LogP contribution in [0.15, 0.2) is 24.3 Å². The van der Waals surface area contributed by atoms with Crippen molar-refractivity contribution in [3.63, 3.8) is 0 Å². The maximum atomic E-state index is 8.89. The first kappa shape index (κ1) is 9.23. The average Bonchev–Trinajstić information content (AvgIpc) is 2.05. The Morgan fingerprint density at radius 2 is 2.00 bits per heavy atom. The van der Waals surface area contributed by atoms with Gasteiger partial charge in [0.15, 0.2) is 0 Å². The van der Waals surface area contributed by atoms with Crippen LogP contribution in [0.4, 0.5) is 0 Å². The molecule has 12 heavy (non-hydrogen) atoms. The molecule has 0 bridgehead atoms. The maximum absolute atomic E-state index is 8.89. The molecule has 0 radical (unpaired) electrons. The lowest BCUT2D eigenvalue weighted by Crippen LogP contribution is -2.33. The molecule has 0 saturated heterocycles. The van der Waals surface area contributed by atoms with Gasteiger partial charge in [0, 0.05) is 0 Å². The van der Waals surface area contributed by atoms with E-state index in [1.54, 1.807) is 0 Å². The number of hydrogen-bond acceptors (Lipinski definition) is 2. The minimum atomic E-state index is -0.369. The Labute approximate surface area is 73.2 Å². The van der Waals surface area contributed by atoms with Crippen LogP contribution in [-0.2, 0) is 5.54 Å². The molecule has 1 aromatic carbocycles. The first-order chi connectivity index (χ1) is 5.56. The van der Waals surface area contributed by atoms with E-state index < -0.39 is 0 Å². The lowest BCUT2D eigenvalue weighted by Gasteiger charge is -2.23. The third-order valence-electron chi connectivity index (χ3n) is 2.02. The Kier molecular flexibility index (Phi) is 2.50. The fraction of sp³-hybridized carbons (Fsp3) is 0.400. The summed E-state index contributed by atoms with van der Waals surface area (Å²) >= 11 is 0. The van der Waals surface area contributed by atoms with Gasteiger partial charge in [-0.15, -0.1) is 0 Å². The second kappa shape index (κ2) is 3.25. The fourth-order valence-corrected chi connectivity index (χ4v) is 1.10. The monoisotopic (exact) mass is 165 g/mol. The van der Waals surface area contributed by atoms with E-state index in [-0.39, 0.29) is 5.54 Å². The van der Waals surface area contributed by atoms with Crippen LogP contribution in [0.1, 0.15) is 25.0 Å². The molecule has 2 nitrogen and oxygen atoms in total. The summed E-state index contributed by atoms with van der Waals surface area (Å²) in [6, 6.07) is 8.08. The number of benzene rings is 1. The van der Waals surface area contributed by atoms with Gasteiger partial charge in [-0.25, -0.2) is 0 Å². The molecule has 66 valence electrons. The quantitative estimate of drug-likeness (QED) is 0.658. The molecule has 0 atom stereocenters. The van der Waals surface area contributed by atoms with E-state index in [0.29, 0.717) is 0 Å². The molecule has 0 aliphatic heterocycles. The van der Waals surface area contributed by atoms with E-state index >= 15 is 0 Å². The first-order valence-corrected chi connectivity index (χ1v) is 4.04. The fourth-order valence-electron chi connectivity index (χ4n) is 1.10. The molecule has 1 aromatic rings. The summed E-state index contributed by atoms with van der Waals surface area (Å²) in [4.78, 5) is 0. The molecule has 2 N–H and O–H groups in total. The van der Waals surface area contributed by atoms with Crippen molar-refractivity contribution in [1.29, 1.82) is 0 Å². The molecule has 0 aliphatic rings. The van der Waals surface area contributed by atoms with Gasteiger partial charge in [0.05, 0.1) is 5.54 Å². The van der Waals surface area contributed by atoms with Crippen molar-refractivity contribution in [3.05, 3.63) is 35.4 Å². The molecule has 0 amide bonds. The molecule has 0 fully saturated rings. The van der Waals surface area contributed by atoms with Crippen LogP contribution in [-0.4, -0.2) is 5.21 Å². The van der Waals surface area contributed by atoms with Crippen molar-refractivity contribution in [2.75, 3.05) is 0 Å². The molecule has 0 spiro atoms. The number of rotatable bonds is 2. The number of aryl methyl sites for hydroxylation is 1. The van der Waals surface area contributed by atoms with Crippen LogP contribution in [0.25, 0.3) is 0 Å². The smallest absolute Gasteiger partial charge is 0.0622 e. The van der Waals surface area contributed by atoms with Crippen LogP contribution < -0.4 is 5.48 Å². The van der Waals surface area contributed by atoms with Crippen LogP contribution in [0, 0.1) is 6.92 Å². The Morgan fingerprint density at radius 3 is 2.50 bits per heavy atom. The summed E-state index contributed by atoms with van der Waals surface area (Å²) < 4.78 is 0. The van der Waals surface area contributed by atoms with Gasteiger partial charge in [-0.05, 0) is 26.3 Å². The molecular weight excluding hydrogens is 150 g/mol. The molecule has 1 rings (SSSR count). The second-order valence-corrected chi connectivity index (χ2v) is 3.61. The molecule has 0 aliphatic carbocycles. The van der Waals surface area contributed by atoms with Gasteiger partial charge in [-0.2, -0.15) is 5.48 Å². The van der Waals surface area contributed by atoms with Gasteiger partial charge in [0.25, 0.3) is 0 Å². The summed E-state index contributed by atoms with van der Waals surface area (Å²) in [6.45, 7) is 5.90. The molecule has 0 unspecified atom stereocenters. The predicted molar refractivity (Wildman–Crippen MR) is 49.1 cm³/mol. The maximum Gasteiger partial charge on any atom is 0.0622 e. The Hall–Kier alpha value is -0.860. The average molecular weight is 165 g/mol. The van der Waals surface area contributed by atoms with Crippen LogP contribution in [0.3, 0.4) is 0 Å². The van der Waals surface area contributed by atoms with E-state index in [1.165, 1.54) is 5.56 Å². The molecular formula is C10H15NO. The zero-order chi connectivity index (χ0) is 9.19. The number of nitrogens with one attached hydrogen (secondary N) is 1. The molecule has 0 aromatic heterocycles. The normalized spacial score (nSPS) is 11.7. The summed E-state index contributed by atoms with van der Waals surface area (Å²) in [5.41, 5.74) is 4.21. The standard InChI is InChI=1S/C10H15NO/c1-8-5-4-6-9(7-8)10(2,3)11-12/h4-7,11-12H,1-3H3. The summed E-state index contributed by atoms with van der Waals surface area (Å²) in [6.07, 6.45) is 0. The third kappa shape index (κ3) is 1.84. The van der Waals surface area contributed by atoms with E-state index in [1.807, 2.05) is 39.0 Å². The van der Waals surface area contributed by atoms with Crippen molar-refractivity contribution in [1.82, 2.24) is 5.48 Å². The minimum Gasteiger partial charge on any atom is -0.316 e. The molecule has 2 heteroatoms. The Morgan fingerprint density at radius 1 is 1.33 bits per heavy atom. The van der Waals surface area contributed by atoms with Gasteiger partial charge < -0.3 is 5.21 Å². The highest BCUT2D eigenvalue weighted by Gasteiger charge is 2.18. The van der Waals surface area contributed by atoms with Crippen LogP contribution in [0.2, 0.25) is 0 Å². The zero-order valence-electron chi connectivity index (χ0n) is 7.76. The SMILES string of the molecule is Cc1cccc(C(C)(C)NO)c1. The van der Waals surface area contributed by atoms with Crippen molar-refractivity contribution in [2.24, 2.45) is 0 Å². The van der Waals surface area contributed by atoms with E-state index in [4.69, 9.17) is 5.21 Å². The number of hydroxylamine groups is 1. The Bertz CT molecular complexity index is 268. The summed E-state index contributed by atoms with van der Waals surface area (Å²) in [7, 11) is 0. The number of hydrogen-bond donors (Lipinski definition) is 2. The van der Waals surface area contributed by atoms with Crippen LogP contribution in [0.5, 0.6) is 0 Å². The van der Waals surface area contributed by atoms with Crippen molar-refractivity contribution in [2.45, 2.75) is 26.3 Å². The van der Waals surface area contributed by atoms with Crippen molar-refractivity contribution in [3.8, 4) is 0 Å². The highest BCUT2D eigenvalue weighted by Crippen LogP contribution is 2.19. The lowest BCUT2D eigenvalue weighted by molar-refractivity contribution is 0.0806. The Balaban J connectivity index is 3.03. The highest BCUT2D eigenvalue weighted by atomic mass is 16.5.